The van der Waals surface area contributed by atoms with E-state index in [4.69, 9.17) is 32.5 Å². The number of carboxylic acids is 3. The Morgan fingerprint density at radius 3 is 1.89 bits per heavy atom. The van der Waals surface area contributed by atoms with E-state index in [9.17, 15) is 14.4 Å². The summed E-state index contributed by atoms with van der Waals surface area (Å²) in [7, 11) is 0. The fourth-order valence-corrected chi connectivity index (χ4v) is 1.35. The summed E-state index contributed by atoms with van der Waals surface area (Å²) in [5, 5.41) is 24.3. The van der Waals surface area contributed by atoms with Crippen molar-refractivity contribution < 1.29 is 46.8 Å². The maximum atomic E-state index is 10.3. The smallest absolute Gasteiger partial charge is 0.320 e. The van der Waals surface area contributed by atoms with E-state index in [2.05, 4.69) is 15.7 Å². The van der Waals surface area contributed by atoms with Crippen molar-refractivity contribution in [3.63, 3.8) is 0 Å². The Kier molecular flexibility index (Phi) is 20.7. The third kappa shape index (κ3) is 20.1. The van der Waals surface area contributed by atoms with E-state index in [-0.39, 0.29) is 30.0 Å². The average Bonchev–Trinajstić information content (AvgIpc) is 3.08. The SMILES string of the molecule is NC(Cc1c[nH]cn1)C(=O)O.NCC(=O)O.NCCCCC(N)C(=O)O.[Cu]. The molecule has 12 nitrogen and oxygen atoms in total. The minimum atomic E-state index is -1.01. The number of hydrogen-bond donors (Lipinski definition) is 8. The van der Waals surface area contributed by atoms with Gasteiger partial charge in [-0.2, -0.15) is 0 Å². The van der Waals surface area contributed by atoms with Crippen LogP contribution < -0.4 is 22.9 Å². The zero-order chi connectivity index (χ0) is 20.5. The summed E-state index contributed by atoms with van der Waals surface area (Å²) in [5.74, 6) is -2.91. The van der Waals surface area contributed by atoms with Crippen LogP contribution in [0.1, 0.15) is 25.0 Å². The summed E-state index contributed by atoms with van der Waals surface area (Å²) in [6, 6.07) is -1.58. The first-order valence-electron chi connectivity index (χ1n) is 7.72. The number of aliphatic carboxylic acids is 3. The molecule has 12 N–H and O–H groups in total. The van der Waals surface area contributed by atoms with Gasteiger partial charge in [-0.25, -0.2) is 4.98 Å². The number of imidazole rings is 1. The van der Waals surface area contributed by atoms with Crippen molar-refractivity contribution in [3.8, 4) is 0 Å². The van der Waals surface area contributed by atoms with Gasteiger partial charge in [-0.1, -0.05) is 6.42 Å². The number of H-pyrrole nitrogens is 1. The molecular weight excluding hydrogens is 412 g/mol. The quantitative estimate of drug-likeness (QED) is 0.153. The number of unbranched alkanes of at least 4 members (excludes halogenated alkanes) is 1. The van der Waals surface area contributed by atoms with Crippen LogP contribution in [0.15, 0.2) is 12.5 Å². The molecule has 0 amide bonds. The molecule has 2 unspecified atom stereocenters. The predicted octanol–water partition coefficient (Wildman–Crippen LogP) is -2.08. The standard InChI is InChI=1S/C6H9N3O2.C6H14N2O2.C2H5NO2.Cu/c7-5(6(10)11)1-4-2-8-3-9-4;7-4-2-1-3-5(8)6(9)10;3-1-2(4)5;/h2-3,5H,1,7H2,(H,8,9)(H,10,11);5H,1-4,7-8H2,(H,9,10);1,3H2,(H,4,5);. The van der Waals surface area contributed by atoms with Gasteiger partial charge < -0.3 is 43.2 Å². The minimum Gasteiger partial charge on any atom is -0.480 e. The molecule has 27 heavy (non-hydrogen) atoms. The van der Waals surface area contributed by atoms with E-state index < -0.39 is 30.0 Å². The van der Waals surface area contributed by atoms with Crippen LogP contribution in [0.5, 0.6) is 0 Å². The number of carbonyl (C=O) groups is 3. The minimum absolute atomic E-state index is 0. The van der Waals surface area contributed by atoms with Crippen molar-refractivity contribution in [2.75, 3.05) is 13.1 Å². The van der Waals surface area contributed by atoms with Gasteiger partial charge >= 0.3 is 17.9 Å². The average molecular weight is 440 g/mol. The van der Waals surface area contributed by atoms with Gasteiger partial charge in [0.15, 0.2) is 0 Å². The van der Waals surface area contributed by atoms with Crippen LogP contribution in [0.2, 0.25) is 0 Å². The third-order valence-electron chi connectivity index (χ3n) is 2.76. The molecule has 0 aliphatic rings. The molecule has 0 aliphatic heterocycles. The number of aromatic amines is 1. The fourth-order valence-electron chi connectivity index (χ4n) is 1.35. The first-order valence-corrected chi connectivity index (χ1v) is 7.72. The Hall–Kier alpha value is -2.02. The number of hydrogen-bond acceptors (Lipinski definition) is 8. The summed E-state index contributed by atoms with van der Waals surface area (Å²) < 4.78 is 0. The van der Waals surface area contributed by atoms with Gasteiger partial charge in [0.25, 0.3) is 0 Å². The van der Waals surface area contributed by atoms with Gasteiger partial charge in [0, 0.05) is 29.7 Å². The van der Waals surface area contributed by atoms with Crippen LogP contribution >= 0.6 is 0 Å². The molecule has 0 saturated carbocycles. The molecule has 1 heterocycles. The zero-order valence-corrected chi connectivity index (χ0v) is 15.6. The maximum absolute atomic E-state index is 10.3. The van der Waals surface area contributed by atoms with Crippen molar-refractivity contribution in [2.24, 2.45) is 22.9 Å². The van der Waals surface area contributed by atoms with Gasteiger partial charge in [0.2, 0.25) is 0 Å². The van der Waals surface area contributed by atoms with E-state index in [0.717, 1.165) is 12.8 Å². The first-order chi connectivity index (χ1) is 12.1. The van der Waals surface area contributed by atoms with Gasteiger partial charge in [-0.3, -0.25) is 14.4 Å². The van der Waals surface area contributed by atoms with Crippen LogP contribution in [0, 0.1) is 0 Å². The van der Waals surface area contributed by atoms with Crippen LogP contribution in [0.3, 0.4) is 0 Å². The molecule has 0 fully saturated rings. The van der Waals surface area contributed by atoms with Crippen molar-refractivity contribution in [3.05, 3.63) is 18.2 Å². The Balaban J connectivity index is -0.000000336. The summed E-state index contributed by atoms with van der Waals surface area (Å²) in [6.07, 6.45) is 5.54. The Morgan fingerprint density at radius 1 is 1.04 bits per heavy atom. The monoisotopic (exact) mass is 439 g/mol. The van der Waals surface area contributed by atoms with E-state index in [0.29, 0.717) is 18.7 Å². The van der Waals surface area contributed by atoms with E-state index in [1.807, 2.05) is 0 Å². The van der Waals surface area contributed by atoms with Gasteiger partial charge in [-0.05, 0) is 19.4 Å². The maximum Gasteiger partial charge on any atom is 0.320 e. The third-order valence-corrected chi connectivity index (χ3v) is 2.76. The molecular formula is C14H28CuN6O6. The van der Waals surface area contributed by atoms with Crippen LogP contribution in [-0.4, -0.2) is 68.4 Å². The molecule has 0 aromatic carbocycles. The first kappa shape index (κ1) is 29.7. The van der Waals surface area contributed by atoms with Crippen molar-refractivity contribution in [1.29, 1.82) is 0 Å². The molecule has 0 aliphatic carbocycles. The van der Waals surface area contributed by atoms with Gasteiger partial charge in [0.05, 0.1) is 18.6 Å². The Labute approximate surface area is 167 Å². The number of rotatable bonds is 9. The van der Waals surface area contributed by atoms with Crippen LogP contribution in [0.25, 0.3) is 0 Å². The number of nitrogens with two attached hydrogens (primary N) is 4. The number of nitrogens with zero attached hydrogens (tertiary/aromatic N) is 1. The largest absolute Gasteiger partial charge is 0.480 e. The summed E-state index contributed by atoms with van der Waals surface area (Å²) in [6.45, 7) is 0.326. The summed E-state index contributed by atoms with van der Waals surface area (Å²) >= 11 is 0. The Morgan fingerprint density at radius 2 is 1.56 bits per heavy atom. The van der Waals surface area contributed by atoms with Crippen LogP contribution in [-0.2, 0) is 37.9 Å². The zero-order valence-electron chi connectivity index (χ0n) is 14.7. The second-order valence-electron chi connectivity index (χ2n) is 5.04. The molecule has 1 rings (SSSR count). The second kappa shape index (κ2) is 18.8. The summed E-state index contributed by atoms with van der Waals surface area (Å²) in [5.41, 5.74) is 20.9. The molecule has 1 aromatic rings. The second-order valence-corrected chi connectivity index (χ2v) is 5.04. The fraction of sp³-hybridized carbons (Fsp3) is 0.571. The molecule has 0 saturated heterocycles. The van der Waals surface area contributed by atoms with Crippen molar-refractivity contribution in [2.45, 2.75) is 37.8 Å². The molecule has 1 radical (unpaired) electrons. The summed E-state index contributed by atoms with van der Waals surface area (Å²) in [4.78, 5) is 36.2. The number of carboxylic acid groups (broad SMARTS) is 3. The molecule has 13 heteroatoms. The van der Waals surface area contributed by atoms with E-state index in [1.54, 1.807) is 6.20 Å². The number of aromatic nitrogens is 2. The van der Waals surface area contributed by atoms with Crippen LogP contribution in [0.4, 0.5) is 0 Å². The molecule has 161 valence electrons. The van der Waals surface area contributed by atoms with Crippen molar-refractivity contribution in [1.82, 2.24) is 9.97 Å². The predicted molar refractivity (Wildman–Crippen MR) is 93.1 cm³/mol. The molecule has 0 bridgehead atoms. The number of nitrogens with one attached hydrogen (secondary N) is 1. The molecule has 2 atom stereocenters. The normalized spacial score (nSPS) is 11.4. The van der Waals surface area contributed by atoms with E-state index in [1.165, 1.54) is 6.33 Å². The molecule has 1 aromatic heterocycles. The van der Waals surface area contributed by atoms with E-state index >= 15 is 0 Å². The van der Waals surface area contributed by atoms with Crippen molar-refractivity contribution >= 4 is 17.9 Å². The van der Waals surface area contributed by atoms with Gasteiger partial charge in [-0.15, -0.1) is 0 Å². The van der Waals surface area contributed by atoms with Gasteiger partial charge in [0.1, 0.15) is 12.1 Å². The molecule has 0 spiro atoms. The Bertz CT molecular complexity index is 516. The topological polar surface area (TPSA) is 245 Å².